The topological polar surface area (TPSA) is 159 Å². The van der Waals surface area contributed by atoms with Crippen LogP contribution in [-0.4, -0.2) is 73.4 Å². The van der Waals surface area contributed by atoms with E-state index in [2.05, 4.69) is 25.3 Å². The molecule has 17 heteroatoms. The highest BCUT2D eigenvalue weighted by atomic mass is 19.4. The van der Waals surface area contributed by atoms with E-state index in [0.717, 1.165) is 28.7 Å². The monoisotopic (exact) mass is 642 g/mol. The highest BCUT2D eigenvalue weighted by Crippen LogP contribution is 2.33. The van der Waals surface area contributed by atoms with Crippen LogP contribution >= 0.6 is 0 Å². The lowest BCUT2D eigenvalue weighted by molar-refractivity contribution is -0.210. The number of carbonyl (C=O) groups is 2. The van der Waals surface area contributed by atoms with E-state index in [1.807, 2.05) is 29.2 Å². The lowest BCUT2D eigenvalue weighted by Gasteiger charge is -2.25. The van der Waals surface area contributed by atoms with E-state index in [9.17, 15) is 32.3 Å². The largest absolute Gasteiger partial charge is 0.491 e. The molecule has 2 fully saturated rings. The highest BCUT2D eigenvalue weighted by Gasteiger charge is 2.46. The van der Waals surface area contributed by atoms with Gasteiger partial charge < -0.3 is 24.7 Å². The van der Waals surface area contributed by atoms with Crippen molar-refractivity contribution in [1.82, 2.24) is 34.3 Å². The SMILES string of the molecule is Cn1c(=O)n(C(OC(=O)C(F)(F)F)C(=O)NC2Cc3ccccc3C2)c(=O)c2c1nc(N1CCC3CNCC31)n2Cc1ncco1. The van der Waals surface area contributed by atoms with Gasteiger partial charge in [-0.3, -0.25) is 18.7 Å². The predicted molar refractivity (Wildman–Crippen MR) is 154 cm³/mol. The van der Waals surface area contributed by atoms with Gasteiger partial charge in [-0.2, -0.15) is 18.2 Å². The average molecular weight is 643 g/mol. The van der Waals surface area contributed by atoms with Crippen molar-refractivity contribution in [2.75, 3.05) is 24.5 Å². The van der Waals surface area contributed by atoms with Crippen molar-refractivity contribution < 1.29 is 31.9 Å². The van der Waals surface area contributed by atoms with Gasteiger partial charge in [0.25, 0.3) is 17.7 Å². The summed E-state index contributed by atoms with van der Waals surface area (Å²) in [7, 11) is 1.27. The lowest BCUT2D eigenvalue weighted by Crippen LogP contribution is -2.51. The number of nitrogens with one attached hydrogen (secondary N) is 2. The van der Waals surface area contributed by atoms with E-state index >= 15 is 0 Å². The van der Waals surface area contributed by atoms with Gasteiger partial charge in [0.15, 0.2) is 11.2 Å². The number of aromatic nitrogens is 5. The number of esters is 1. The predicted octanol–water partition coefficient (Wildman–Crippen LogP) is 0.619. The van der Waals surface area contributed by atoms with Crippen LogP contribution in [0.4, 0.5) is 19.1 Å². The van der Waals surface area contributed by atoms with E-state index in [1.54, 1.807) is 0 Å². The molecule has 2 saturated heterocycles. The first kappa shape index (κ1) is 29.8. The summed E-state index contributed by atoms with van der Waals surface area (Å²) in [6, 6.07) is 6.81. The first-order valence-electron chi connectivity index (χ1n) is 14.7. The fraction of sp³-hybridized carbons (Fsp3) is 0.448. The minimum Gasteiger partial charge on any atom is -0.447 e. The second-order valence-corrected chi connectivity index (χ2v) is 11.7. The number of anilines is 1. The highest BCUT2D eigenvalue weighted by molar-refractivity contribution is 5.84. The Kier molecular flexibility index (Phi) is 7.21. The van der Waals surface area contributed by atoms with Gasteiger partial charge in [0.2, 0.25) is 11.8 Å². The molecule has 0 bridgehead atoms. The average Bonchev–Trinajstić information content (AvgIpc) is 3.84. The molecule has 0 saturated carbocycles. The standard InChI is InChI=1S/C29H29F3N8O6/c1-37-22-21(39(14-20-34-7-9-45-20)27(36-22)38-8-6-17-12-33-13-19(17)38)24(42)40(28(37)44)25(46-26(43)29(30,31)32)23(41)35-18-10-15-4-2-3-5-16(15)11-18/h2-5,7,9,17-19,25,33H,6,8,10-14H2,1H3,(H,35,41). The van der Waals surface area contributed by atoms with Crippen molar-refractivity contribution in [3.05, 3.63) is 74.6 Å². The van der Waals surface area contributed by atoms with Crippen LogP contribution in [0.3, 0.4) is 0 Å². The molecule has 3 atom stereocenters. The molecule has 3 aliphatic rings. The summed E-state index contributed by atoms with van der Waals surface area (Å²) >= 11 is 0. The molecule has 5 heterocycles. The summed E-state index contributed by atoms with van der Waals surface area (Å²) in [5.74, 6) is -3.15. The van der Waals surface area contributed by atoms with Crippen LogP contribution in [0, 0.1) is 5.92 Å². The molecule has 2 N–H and O–H groups in total. The zero-order chi connectivity index (χ0) is 32.3. The molecule has 7 rings (SSSR count). The third-order valence-corrected chi connectivity index (χ3v) is 8.95. The Labute approximate surface area is 257 Å². The molecule has 3 aromatic heterocycles. The Balaban J connectivity index is 1.35. The van der Waals surface area contributed by atoms with Crippen molar-refractivity contribution >= 4 is 29.0 Å². The Hall–Kier alpha value is -4.93. The minimum atomic E-state index is -5.51. The lowest BCUT2D eigenvalue weighted by atomic mass is 10.1. The Morgan fingerprint density at radius 2 is 1.91 bits per heavy atom. The summed E-state index contributed by atoms with van der Waals surface area (Å²) in [5.41, 5.74) is -0.801. The molecule has 3 unspecified atom stereocenters. The maximum absolute atomic E-state index is 14.3. The van der Waals surface area contributed by atoms with Gasteiger partial charge in [0.1, 0.15) is 12.8 Å². The maximum atomic E-state index is 14.3. The van der Waals surface area contributed by atoms with Crippen molar-refractivity contribution in [3.8, 4) is 0 Å². The smallest absolute Gasteiger partial charge is 0.447 e. The molecule has 2 aliphatic heterocycles. The van der Waals surface area contributed by atoms with Crippen LogP contribution in [0.2, 0.25) is 0 Å². The second kappa shape index (κ2) is 11.1. The summed E-state index contributed by atoms with van der Waals surface area (Å²) in [6.45, 7) is 1.95. The number of oxazole rings is 1. The molecular weight excluding hydrogens is 613 g/mol. The second-order valence-electron chi connectivity index (χ2n) is 11.7. The zero-order valence-corrected chi connectivity index (χ0v) is 24.5. The van der Waals surface area contributed by atoms with Gasteiger partial charge in [-0.25, -0.2) is 19.1 Å². The maximum Gasteiger partial charge on any atom is 0.491 e. The van der Waals surface area contributed by atoms with E-state index in [-0.39, 0.29) is 34.2 Å². The Morgan fingerprint density at radius 1 is 1.17 bits per heavy atom. The van der Waals surface area contributed by atoms with Crippen LogP contribution < -0.4 is 26.8 Å². The number of aryl methyl sites for hydroxylation is 1. The number of hydrogen-bond donors (Lipinski definition) is 2. The first-order chi connectivity index (χ1) is 22.0. The van der Waals surface area contributed by atoms with E-state index in [0.29, 0.717) is 37.8 Å². The minimum absolute atomic E-state index is 0.0428. The van der Waals surface area contributed by atoms with Gasteiger partial charge in [0.05, 0.1) is 6.20 Å². The number of alkyl halides is 3. The van der Waals surface area contributed by atoms with E-state index in [1.165, 1.54) is 24.1 Å². The first-order valence-corrected chi connectivity index (χ1v) is 14.7. The number of amides is 1. The molecule has 0 spiro atoms. The van der Waals surface area contributed by atoms with Crippen LogP contribution in [0.5, 0.6) is 0 Å². The Bertz CT molecular complexity index is 1920. The number of benzene rings is 1. The van der Waals surface area contributed by atoms with Crippen LogP contribution in [0.15, 0.2) is 50.7 Å². The fourth-order valence-corrected chi connectivity index (χ4v) is 6.79. The van der Waals surface area contributed by atoms with Gasteiger partial charge in [-0.05, 0) is 36.3 Å². The van der Waals surface area contributed by atoms with Crippen LogP contribution in [0.1, 0.15) is 29.7 Å². The number of ether oxygens (including phenoxy) is 1. The molecule has 1 aromatic carbocycles. The van der Waals surface area contributed by atoms with E-state index in [4.69, 9.17) is 4.42 Å². The third kappa shape index (κ3) is 5.03. The van der Waals surface area contributed by atoms with Crippen molar-refractivity contribution in [3.63, 3.8) is 0 Å². The molecule has 1 amide bonds. The van der Waals surface area contributed by atoms with Crippen LogP contribution in [-0.2, 0) is 40.8 Å². The van der Waals surface area contributed by atoms with Gasteiger partial charge in [0, 0.05) is 38.8 Å². The van der Waals surface area contributed by atoms with Gasteiger partial charge >= 0.3 is 17.8 Å². The number of rotatable bonds is 7. The van der Waals surface area contributed by atoms with Gasteiger partial charge in [-0.15, -0.1) is 0 Å². The number of imidazole rings is 1. The number of hydrogen-bond acceptors (Lipinski definition) is 10. The molecule has 14 nitrogen and oxygen atoms in total. The van der Waals surface area contributed by atoms with Crippen molar-refractivity contribution in [2.24, 2.45) is 13.0 Å². The van der Waals surface area contributed by atoms with Crippen molar-refractivity contribution in [1.29, 1.82) is 0 Å². The van der Waals surface area contributed by atoms with Crippen LogP contribution in [0.25, 0.3) is 11.2 Å². The number of fused-ring (bicyclic) bond motifs is 3. The molecule has 4 aromatic rings. The zero-order valence-electron chi connectivity index (χ0n) is 24.5. The number of carbonyl (C=O) groups excluding carboxylic acids is 2. The molecule has 242 valence electrons. The van der Waals surface area contributed by atoms with Crippen molar-refractivity contribution in [2.45, 2.75) is 50.3 Å². The normalized spacial score (nSPS) is 20.2. The molecule has 1 aliphatic carbocycles. The fourth-order valence-electron chi connectivity index (χ4n) is 6.79. The quantitative estimate of drug-likeness (QED) is 0.274. The summed E-state index contributed by atoms with van der Waals surface area (Å²) in [6.07, 6.45) is -3.77. The summed E-state index contributed by atoms with van der Waals surface area (Å²) in [5, 5.41) is 5.92. The number of nitrogens with zero attached hydrogens (tertiary/aromatic N) is 6. The summed E-state index contributed by atoms with van der Waals surface area (Å²) < 4.78 is 53.0. The van der Waals surface area contributed by atoms with E-state index < -0.39 is 41.6 Å². The molecular formula is C29H29F3N8O6. The van der Waals surface area contributed by atoms with Gasteiger partial charge in [-0.1, -0.05) is 24.3 Å². The summed E-state index contributed by atoms with van der Waals surface area (Å²) in [4.78, 5) is 64.5. The third-order valence-electron chi connectivity index (χ3n) is 8.95. The molecule has 0 radical (unpaired) electrons. The molecule has 46 heavy (non-hydrogen) atoms. The Morgan fingerprint density at radius 3 is 2.59 bits per heavy atom. The number of halogens is 3.